The average molecular weight is 277 g/mol. The molecule has 0 radical (unpaired) electrons. The maximum absolute atomic E-state index is 10.5. The molecule has 3 nitrogen and oxygen atoms in total. The van der Waals surface area contributed by atoms with Gasteiger partial charge in [0.1, 0.15) is 0 Å². The van der Waals surface area contributed by atoms with Crippen molar-refractivity contribution in [1.82, 2.24) is 4.90 Å². The summed E-state index contributed by atoms with van der Waals surface area (Å²) < 4.78 is 6.06. The Hall–Kier alpha value is -0.900. The number of ether oxygens (including phenoxy) is 1. The summed E-state index contributed by atoms with van der Waals surface area (Å²) in [6.45, 7) is 8.71. The molecule has 1 aromatic rings. The minimum absolute atomic E-state index is 0.109. The summed E-state index contributed by atoms with van der Waals surface area (Å²) in [7, 11) is 0. The molecule has 1 aliphatic heterocycles. The predicted molar refractivity (Wildman–Crippen MR) is 81.7 cm³/mol. The molecular weight excluding hydrogens is 250 g/mol. The summed E-state index contributed by atoms with van der Waals surface area (Å²) in [4.78, 5) is 2.35. The first-order valence-electron chi connectivity index (χ1n) is 7.71. The van der Waals surface area contributed by atoms with E-state index in [1.807, 2.05) is 6.07 Å². The molecule has 0 bridgehead atoms. The Balaban J connectivity index is 2.05. The van der Waals surface area contributed by atoms with Crippen molar-refractivity contribution in [3.8, 4) is 0 Å². The summed E-state index contributed by atoms with van der Waals surface area (Å²) >= 11 is 0. The number of benzene rings is 1. The lowest BCUT2D eigenvalue weighted by Crippen LogP contribution is -2.50. The number of β-amino-alcohol motifs (C(OH)–C–C–N with tert-alkyl or cyclic N) is 1. The van der Waals surface area contributed by atoms with E-state index in [2.05, 4.69) is 49.9 Å². The van der Waals surface area contributed by atoms with E-state index < -0.39 is 5.60 Å². The smallest absolute Gasteiger partial charge is 0.0956 e. The molecule has 3 heteroatoms. The zero-order valence-corrected chi connectivity index (χ0v) is 12.9. The Kier molecular flexibility index (Phi) is 5.19. The van der Waals surface area contributed by atoms with Gasteiger partial charge in [-0.1, -0.05) is 44.2 Å². The zero-order valence-electron chi connectivity index (χ0n) is 12.9. The topological polar surface area (TPSA) is 32.7 Å². The summed E-state index contributed by atoms with van der Waals surface area (Å²) in [5.74, 6) is 0. The van der Waals surface area contributed by atoms with Crippen molar-refractivity contribution in [2.45, 2.75) is 51.4 Å². The van der Waals surface area contributed by atoms with Crippen molar-refractivity contribution in [3.05, 3.63) is 35.9 Å². The minimum atomic E-state index is -0.571. The van der Waals surface area contributed by atoms with Crippen LogP contribution in [0.2, 0.25) is 0 Å². The van der Waals surface area contributed by atoms with Crippen LogP contribution in [0.3, 0.4) is 0 Å². The molecule has 2 unspecified atom stereocenters. The molecule has 20 heavy (non-hydrogen) atoms. The van der Waals surface area contributed by atoms with Gasteiger partial charge in [0.15, 0.2) is 0 Å². The lowest BCUT2D eigenvalue weighted by molar-refractivity contribution is -0.102. The number of nitrogens with zero attached hydrogens (tertiary/aromatic N) is 1. The first-order chi connectivity index (χ1) is 9.56. The van der Waals surface area contributed by atoms with Gasteiger partial charge in [-0.3, -0.25) is 4.90 Å². The maximum Gasteiger partial charge on any atom is 0.0956 e. The highest BCUT2D eigenvalue weighted by Gasteiger charge is 2.32. The molecule has 1 aliphatic rings. The zero-order chi connectivity index (χ0) is 14.6. The SMILES string of the molecule is CCC(O)(CC)CN1CC(C)OC(c2ccccc2)C1. The van der Waals surface area contributed by atoms with Crippen LogP contribution in [-0.4, -0.2) is 41.3 Å². The third-order valence-electron chi connectivity index (χ3n) is 4.34. The van der Waals surface area contributed by atoms with Gasteiger partial charge in [-0.2, -0.15) is 0 Å². The van der Waals surface area contributed by atoms with Gasteiger partial charge in [0, 0.05) is 19.6 Å². The molecule has 1 fully saturated rings. The number of hydrogen-bond donors (Lipinski definition) is 1. The number of aliphatic hydroxyl groups is 1. The van der Waals surface area contributed by atoms with Crippen LogP contribution in [0.4, 0.5) is 0 Å². The lowest BCUT2D eigenvalue weighted by Gasteiger charge is -2.40. The largest absolute Gasteiger partial charge is 0.389 e. The molecule has 1 saturated heterocycles. The van der Waals surface area contributed by atoms with Gasteiger partial charge in [-0.15, -0.1) is 0 Å². The van der Waals surface area contributed by atoms with Gasteiger partial charge in [0.2, 0.25) is 0 Å². The summed E-state index contributed by atoms with van der Waals surface area (Å²) in [5, 5.41) is 10.5. The lowest BCUT2D eigenvalue weighted by atomic mass is 9.95. The third kappa shape index (κ3) is 3.81. The van der Waals surface area contributed by atoms with Crippen LogP contribution in [0, 0.1) is 0 Å². The second-order valence-electron chi connectivity index (χ2n) is 5.97. The molecule has 0 spiro atoms. The van der Waals surface area contributed by atoms with Crippen molar-refractivity contribution in [2.24, 2.45) is 0 Å². The van der Waals surface area contributed by atoms with E-state index in [1.54, 1.807) is 0 Å². The molecule has 1 heterocycles. The van der Waals surface area contributed by atoms with Gasteiger partial charge in [0.05, 0.1) is 17.8 Å². The van der Waals surface area contributed by atoms with Gasteiger partial charge in [-0.25, -0.2) is 0 Å². The predicted octanol–water partition coefficient (Wildman–Crippen LogP) is 3.00. The minimum Gasteiger partial charge on any atom is -0.389 e. The molecule has 1 N–H and O–H groups in total. The van der Waals surface area contributed by atoms with Crippen LogP contribution in [0.25, 0.3) is 0 Å². The van der Waals surface area contributed by atoms with Crippen molar-refractivity contribution < 1.29 is 9.84 Å². The Morgan fingerprint density at radius 2 is 1.85 bits per heavy atom. The summed E-state index contributed by atoms with van der Waals surface area (Å²) in [6, 6.07) is 10.4. The monoisotopic (exact) mass is 277 g/mol. The number of morpholine rings is 1. The number of hydrogen-bond acceptors (Lipinski definition) is 3. The molecular formula is C17H27NO2. The third-order valence-corrected chi connectivity index (χ3v) is 4.34. The molecule has 0 saturated carbocycles. The first-order valence-corrected chi connectivity index (χ1v) is 7.71. The van der Waals surface area contributed by atoms with Crippen molar-refractivity contribution in [1.29, 1.82) is 0 Å². The normalized spacial score (nSPS) is 24.8. The maximum atomic E-state index is 10.5. The first kappa shape index (κ1) is 15.5. The van der Waals surface area contributed by atoms with Crippen molar-refractivity contribution >= 4 is 0 Å². The van der Waals surface area contributed by atoms with Gasteiger partial charge < -0.3 is 9.84 Å². The molecule has 2 rings (SSSR count). The van der Waals surface area contributed by atoms with Crippen LogP contribution in [0.1, 0.15) is 45.3 Å². The highest BCUT2D eigenvalue weighted by Crippen LogP contribution is 2.27. The molecule has 112 valence electrons. The molecule has 1 aromatic carbocycles. The number of rotatable bonds is 5. The standard InChI is InChI=1S/C17H27NO2/c1-4-17(19,5-2)13-18-11-14(3)20-16(12-18)15-9-7-6-8-10-15/h6-10,14,16,19H,4-5,11-13H2,1-3H3. The Bertz CT molecular complexity index is 403. The van der Waals surface area contributed by atoms with E-state index >= 15 is 0 Å². The van der Waals surface area contributed by atoms with Gasteiger partial charge in [0.25, 0.3) is 0 Å². The Labute approximate surface area is 122 Å². The van der Waals surface area contributed by atoms with E-state index in [-0.39, 0.29) is 12.2 Å². The summed E-state index contributed by atoms with van der Waals surface area (Å²) in [5.41, 5.74) is 0.652. The average Bonchev–Trinajstić information content (AvgIpc) is 2.47. The van der Waals surface area contributed by atoms with E-state index in [4.69, 9.17) is 4.74 Å². The second-order valence-corrected chi connectivity index (χ2v) is 5.97. The second kappa shape index (κ2) is 6.70. The van der Waals surface area contributed by atoms with Gasteiger partial charge >= 0.3 is 0 Å². The quantitative estimate of drug-likeness (QED) is 0.898. The summed E-state index contributed by atoms with van der Waals surface area (Å²) in [6.07, 6.45) is 1.90. The Morgan fingerprint density at radius 1 is 1.20 bits per heavy atom. The molecule has 0 aliphatic carbocycles. The Morgan fingerprint density at radius 3 is 2.45 bits per heavy atom. The fourth-order valence-electron chi connectivity index (χ4n) is 2.91. The molecule has 0 amide bonds. The van der Waals surface area contributed by atoms with E-state index in [0.717, 1.165) is 32.5 Å². The van der Waals surface area contributed by atoms with Crippen molar-refractivity contribution in [2.75, 3.05) is 19.6 Å². The highest BCUT2D eigenvalue weighted by atomic mass is 16.5. The van der Waals surface area contributed by atoms with Gasteiger partial charge in [-0.05, 0) is 25.3 Å². The fourth-order valence-corrected chi connectivity index (χ4v) is 2.91. The molecule has 2 atom stereocenters. The van der Waals surface area contributed by atoms with Crippen LogP contribution in [0.5, 0.6) is 0 Å². The van der Waals surface area contributed by atoms with Crippen LogP contribution in [-0.2, 0) is 4.74 Å². The van der Waals surface area contributed by atoms with E-state index in [1.165, 1.54) is 5.56 Å². The van der Waals surface area contributed by atoms with Crippen LogP contribution in [0.15, 0.2) is 30.3 Å². The fraction of sp³-hybridized carbons (Fsp3) is 0.647. The van der Waals surface area contributed by atoms with Crippen LogP contribution >= 0.6 is 0 Å². The van der Waals surface area contributed by atoms with Crippen LogP contribution < -0.4 is 0 Å². The van der Waals surface area contributed by atoms with E-state index in [9.17, 15) is 5.11 Å². The highest BCUT2D eigenvalue weighted by molar-refractivity contribution is 5.18. The molecule has 0 aromatic heterocycles. The van der Waals surface area contributed by atoms with Crippen molar-refractivity contribution in [3.63, 3.8) is 0 Å². The van der Waals surface area contributed by atoms with E-state index in [0.29, 0.717) is 0 Å².